The minimum Gasteiger partial charge on any atom is -0.370 e. The highest BCUT2D eigenvalue weighted by atomic mass is 19.3. The topological polar surface area (TPSA) is 50.4 Å². The van der Waals surface area contributed by atoms with Crippen LogP contribution in [-0.4, -0.2) is 25.5 Å². The smallest absolute Gasteiger partial charge is 0.252 e. The van der Waals surface area contributed by atoms with Crippen molar-refractivity contribution >= 4 is 5.96 Å². The fraction of sp³-hybridized carbons (Fsp3) is 0.889. The van der Waals surface area contributed by atoms with Gasteiger partial charge in [0.1, 0.15) is 0 Å². The van der Waals surface area contributed by atoms with E-state index in [1.165, 1.54) is 7.05 Å². The van der Waals surface area contributed by atoms with E-state index in [9.17, 15) is 8.78 Å². The molecule has 3 nitrogen and oxygen atoms in total. The van der Waals surface area contributed by atoms with Gasteiger partial charge in [-0.15, -0.1) is 0 Å². The Balaban J connectivity index is 2.42. The molecule has 82 valence electrons. The molecule has 3 N–H and O–H groups in total. The van der Waals surface area contributed by atoms with Crippen LogP contribution in [0.5, 0.6) is 0 Å². The quantitative estimate of drug-likeness (QED) is 0.528. The highest BCUT2D eigenvalue weighted by Crippen LogP contribution is 2.37. The third-order valence-corrected chi connectivity index (χ3v) is 2.68. The summed E-state index contributed by atoms with van der Waals surface area (Å²) < 4.78 is 26.6. The van der Waals surface area contributed by atoms with E-state index in [-0.39, 0.29) is 18.9 Å². The summed E-state index contributed by atoms with van der Waals surface area (Å²) in [5.41, 5.74) is 5.37. The zero-order valence-electron chi connectivity index (χ0n) is 8.39. The lowest BCUT2D eigenvalue weighted by atomic mass is 9.85. The van der Waals surface area contributed by atoms with Crippen molar-refractivity contribution in [3.8, 4) is 0 Å². The molecule has 0 aromatic heterocycles. The maximum atomic E-state index is 13.3. The number of alkyl halides is 2. The minimum absolute atomic E-state index is 0.00250. The summed E-state index contributed by atoms with van der Waals surface area (Å²) in [5.74, 6) is -2.91. The van der Waals surface area contributed by atoms with Gasteiger partial charge in [-0.1, -0.05) is 6.42 Å². The molecule has 0 saturated heterocycles. The van der Waals surface area contributed by atoms with Gasteiger partial charge >= 0.3 is 0 Å². The van der Waals surface area contributed by atoms with Crippen molar-refractivity contribution in [1.29, 1.82) is 0 Å². The van der Waals surface area contributed by atoms with E-state index in [0.717, 1.165) is 6.42 Å². The predicted molar refractivity (Wildman–Crippen MR) is 52.5 cm³/mol. The van der Waals surface area contributed by atoms with Crippen molar-refractivity contribution in [2.75, 3.05) is 13.6 Å². The van der Waals surface area contributed by atoms with Gasteiger partial charge in [0, 0.05) is 25.9 Å². The zero-order chi connectivity index (χ0) is 10.6. The first kappa shape index (κ1) is 11.2. The Morgan fingerprint density at radius 1 is 1.57 bits per heavy atom. The van der Waals surface area contributed by atoms with E-state index in [1.54, 1.807) is 0 Å². The van der Waals surface area contributed by atoms with Crippen LogP contribution >= 0.6 is 0 Å². The fourth-order valence-corrected chi connectivity index (χ4v) is 1.72. The molecule has 0 amide bonds. The molecule has 1 rings (SSSR count). The average Bonchev–Trinajstić information content (AvgIpc) is 2.15. The van der Waals surface area contributed by atoms with Crippen LogP contribution in [0, 0.1) is 5.92 Å². The van der Waals surface area contributed by atoms with Crippen LogP contribution in [-0.2, 0) is 0 Å². The first-order chi connectivity index (χ1) is 6.56. The van der Waals surface area contributed by atoms with E-state index >= 15 is 0 Å². The van der Waals surface area contributed by atoms with Gasteiger partial charge in [-0.05, 0) is 12.8 Å². The van der Waals surface area contributed by atoms with Crippen LogP contribution in [0.3, 0.4) is 0 Å². The molecular formula is C9H17F2N3. The average molecular weight is 205 g/mol. The van der Waals surface area contributed by atoms with Crippen molar-refractivity contribution < 1.29 is 8.78 Å². The Labute approximate surface area is 82.8 Å². The van der Waals surface area contributed by atoms with Crippen molar-refractivity contribution in [3.63, 3.8) is 0 Å². The Morgan fingerprint density at radius 2 is 2.29 bits per heavy atom. The van der Waals surface area contributed by atoms with Gasteiger partial charge in [-0.3, -0.25) is 4.99 Å². The lowest BCUT2D eigenvalue weighted by molar-refractivity contribution is -0.0830. The zero-order valence-corrected chi connectivity index (χ0v) is 8.39. The highest BCUT2D eigenvalue weighted by molar-refractivity contribution is 5.77. The molecular weight excluding hydrogens is 188 g/mol. The second-order valence-electron chi connectivity index (χ2n) is 3.69. The number of nitrogens with two attached hydrogens (primary N) is 1. The summed E-state index contributed by atoms with van der Waals surface area (Å²) >= 11 is 0. The molecule has 0 spiro atoms. The van der Waals surface area contributed by atoms with Crippen molar-refractivity contribution in [3.05, 3.63) is 0 Å². The molecule has 0 aromatic rings. The van der Waals surface area contributed by atoms with Crippen LogP contribution < -0.4 is 11.1 Å². The fourth-order valence-electron chi connectivity index (χ4n) is 1.72. The predicted octanol–water partition coefficient (Wildman–Crippen LogP) is 1.35. The summed E-state index contributed by atoms with van der Waals surface area (Å²) in [6, 6.07) is 0. The van der Waals surface area contributed by atoms with Gasteiger partial charge in [-0.2, -0.15) is 0 Å². The van der Waals surface area contributed by atoms with Gasteiger partial charge in [0.15, 0.2) is 5.96 Å². The van der Waals surface area contributed by atoms with Crippen molar-refractivity contribution in [1.82, 2.24) is 5.32 Å². The second-order valence-corrected chi connectivity index (χ2v) is 3.69. The second kappa shape index (κ2) is 4.57. The van der Waals surface area contributed by atoms with Gasteiger partial charge in [-0.25, -0.2) is 8.78 Å². The monoisotopic (exact) mass is 205 g/mol. The molecule has 0 heterocycles. The number of halogens is 2. The Morgan fingerprint density at radius 3 is 2.86 bits per heavy atom. The van der Waals surface area contributed by atoms with Crippen LogP contribution in [0.4, 0.5) is 8.78 Å². The number of hydrogen-bond donors (Lipinski definition) is 2. The molecule has 0 bridgehead atoms. The van der Waals surface area contributed by atoms with Crippen LogP contribution in [0.2, 0.25) is 0 Å². The SMILES string of the molecule is CN=C(N)NCC1CCCCC1(F)F. The number of nitrogens with one attached hydrogen (secondary N) is 1. The van der Waals surface area contributed by atoms with E-state index in [1.807, 2.05) is 0 Å². The minimum atomic E-state index is -2.54. The van der Waals surface area contributed by atoms with Gasteiger partial charge in [0.2, 0.25) is 0 Å². The third-order valence-electron chi connectivity index (χ3n) is 2.68. The molecule has 0 aromatic carbocycles. The molecule has 1 aliphatic rings. The molecule has 1 unspecified atom stereocenters. The summed E-state index contributed by atoms with van der Waals surface area (Å²) in [7, 11) is 1.53. The van der Waals surface area contributed by atoms with Gasteiger partial charge < -0.3 is 11.1 Å². The van der Waals surface area contributed by atoms with E-state index in [0.29, 0.717) is 12.8 Å². The highest BCUT2D eigenvalue weighted by Gasteiger charge is 2.40. The molecule has 1 atom stereocenters. The number of aliphatic imine (C=N–C) groups is 1. The molecule has 0 aliphatic heterocycles. The first-order valence-corrected chi connectivity index (χ1v) is 4.90. The standard InChI is InChI=1S/C9H17F2N3/c1-13-8(12)14-6-7-4-2-3-5-9(7,10)11/h7H,2-6H2,1H3,(H3,12,13,14). The number of nitrogens with zero attached hydrogens (tertiary/aromatic N) is 1. The van der Waals surface area contributed by atoms with E-state index < -0.39 is 11.8 Å². The summed E-state index contributed by atoms with van der Waals surface area (Å²) in [4.78, 5) is 3.66. The number of rotatable bonds is 2. The van der Waals surface area contributed by atoms with Crippen molar-refractivity contribution in [2.45, 2.75) is 31.6 Å². The summed E-state index contributed by atoms with van der Waals surface area (Å²) in [6.45, 7) is 0.218. The molecule has 14 heavy (non-hydrogen) atoms. The van der Waals surface area contributed by atoms with Gasteiger partial charge in [0.25, 0.3) is 5.92 Å². The van der Waals surface area contributed by atoms with E-state index in [2.05, 4.69) is 10.3 Å². The Bertz CT molecular complexity index is 216. The molecule has 1 saturated carbocycles. The lowest BCUT2D eigenvalue weighted by Gasteiger charge is -2.31. The molecule has 5 heteroatoms. The maximum Gasteiger partial charge on any atom is 0.252 e. The molecule has 1 aliphatic carbocycles. The Kier molecular flexibility index (Phi) is 3.66. The molecule has 0 radical (unpaired) electrons. The normalized spacial score (nSPS) is 27.4. The third kappa shape index (κ3) is 2.82. The maximum absolute atomic E-state index is 13.3. The summed E-state index contributed by atoms with van der Waals surface area (Å²) in [5, 5.41) is 2.71. The van der Waals surface area contributed by atoms with E-state index in [4.69, 9.17) is 5.73 Å². The lowest BCUT2D eigenvalue weighted by Crippen LogP contribution is -2.43. The van der Waals surface area contributed by atoms with Crippen LogP contribution in [0.1, 0.15) is 25.7 Å². The first-order valence-electron chi connectivity index (χ1n) is 4.90. The number of guanidine groups is 1. The van der Waals surface area contributed by atoms with Crippen molar-refractivity contribution in [2.24, 2.45) is 16.6 Å². The largest absolute Gasteiger partial charge is 0.370 e. The Hall–Kier alpha value is -0.870. The molecule has 1 fully saturated rings. The van der Waals surface area contributed by atoms with Crippen LogP contribution in [0.15, 0.2) is 4.99 Å². The van der Waals surface area contributed by atoms with Gasteiger partial charge in [0.05, 0.1) is 0 Å². The number of hydrogen-bond acceptors (Lipinski definition) is 1. The summed E-state index contributed by atoms with van der Waals surface area (Å²) in [6.07, 6.45) is 2.07. The van der Waals surface area contributed by atoms with Crippen LogP contribution in [0.25, 0.3) is 0 Å².